The molecule has 0 aromatic heterocycles. The Morgan fingerprint density at radius 3 is 2.48 bits per heavy atom. The van der Waals surface area contributed by atoms with E-state index in [-0.39, 0.29) is 21.3 Å². The first-order valence-corrected chi connectivity index (χ1v) is 8.11. The predicted molar refractivity (Wildman–Crippen MR) is 80.8 cm³/mol. The zero-order chi connectivity index (χ0) is 16.8. The summed E-state index contributed by atoms with van der Waals surface area (Å²) in [4.78, 5) is 0.645. The van der Waals surface area contributed by atoms with Gasteiger partial charge in [-0.1, -0.05) is 11.6 Å². The number of nitriles is 1. The van der Waals surface area contributed by atoms with Crippen LogP contribution < -0.4 is 4.90 Å². The summed E-state index contributed by atoms with van der Waals surface area (Å²) in [6.07, 6.45) is 1.06. The minimum atomic E-state index is -3.98. The number of rotatable bonds is 1. The van der Waals surface area contributed by atoms with Gasteiger partial charge in [-0.25, -0.2) is 17.2 Å². The van der Waals surface area contributed by atoms with Crippen LogP contribution in [0.2, 0.25) is 5.02 Å². The lowest BCUT2D eigenvalue weighted by Gasteiger charge is -2.27. The van der Waals surface area contributed by atoms with Crippen molar-refractivity contribution in [3.05, 3.63) is 64.2 Å². The van der Waals surface area contributed by atoms with Crippen molar-refractivity contribution in [2.24, 2.45) is 0 Å². The summed E-state index contributed by atoms with van der Waals surface area (Å²) in [5.41, 5.74) is 0.317. The number of allylic oxidation sites excluding steroid dienone is 1. The number of benzene rings is 2. The Kier molecular flexibility index (Phi) is 3.59. The van der Waals surface area contributed by atoms with Crippen LogP contribution in [0.3, 0.4) is 0 Å². The van der Waals surface area contributed by atoms with E-state index < -0.39 is 26.4 Å². The molecule has 0 spiro atoms. The Morgan fingerprint density at radius 2 is 1.83 bits per heavy atom. The normalized spacial score (nSPS) is 15.6. The van der Waals surface area contributed by atoms with Crippen molar-refractivity contribution in [3.8, 4) is 6.07 Å². The highest BCUT2D eigenvalue weighted by atomic mass is 35.5. The molecule has 0 bridgehead atoms. The van der Waals surface area contributed by atoms with Gasteiger partial charge < -0.3 is 4.90 Å². The number of hydrogen-bond donors (Lipinski definition) is 0. The summed E-state index contributed by atoms with van der Waals surface area (Å²) in [6.45, 7) is 0. The number of hydrogen-bond acceptors (Lipinski definition) is 4. The van der Waals surface area contributed by atoms with E-state index in [0.717, 1.165) is 18.3 Å². The van der Waals surface area contributed by atoms with Crippen LogP contribution in [0.15, 0.2) is 52.4 Å². The summed E-state index contributed by atoms with van der Waals surface area (Å²) in [7, 11) is -3.98. The fourth-order valence-electron chi connectivity index (χ4n) is 2.22. The molecule has 0 radical (unpaired) electrons. The van der Waals surface area contributed by atoms with Crippen LogP contribution in [0.5, 0.6) is 0 Å². The molecule has 2 aromatic rings. The van der Waals surface area contributed by atoms with E-state index >= 15 is 0 Å². The Hall–Kier alpha value is -2.43. The van der Waals surface area contributed by atoms with Gasteiger partial charge in [-0.15, -0.1) is 0 Å². The van der Waals surface area contributed by atoms with Crippen molar-refractivity contribution >= 4 is 32.8 Å². The van der Waals surface area contributed by atoms with Gasteiger partial charge in [0.1, 0.15) is 6.07 Å². The number of sulfone groups is 1. The fourth-order valence-corrected chi connectivity index (χ4v) is 3.67. The standard InChI is InChI=1S/C15H7ClF2N2O2S/c16-9-1-4-15-14(5-9)20(8-11(7-19)23(15,21)22)10-2-3-12(17)13(18)6-10/h1-6,8H. The Labute approximate surface area is 135 Å². The largest absolute Gasteiger partial charge is 0.314 e. The Morgan fingerprint density at radius 1 is 1.09 bits per heavy atom. The third kappa shape index (κ3) is 2.46. The molecule has 0 N–H and O–H groups in total. The van der Waals surface area contributed by atoms with Crippen molar-refractivity contribution in [1.82, 2.24) is 0 Å². The zero-order valence-electron chi connectivity index (χ0n) is 11.3. The highest BCUT2D eigenvalue weighted by Gasteiger charge is 2.32. The van der Waals surface area contributed by atoms with E-state index in [1.54, 1.807) is 6.07 Å². The minimum Gasteiger partial charge on any atom is -0.314 e. The number of anilines is 2. The maximum atomic E-state index is 13.5. The van der Waals surface area contributed by atoms with Crippen LogP contribution in [0, 0.1) is 23.0 Å². The van der Waals surface area contributed by atoms with Crippen molar-refractivity contribution < 1.29 is 17.2 Å². The second-order valence-corrected chi connectivity index (χ2v) is 7.01. The van der Waals surface area contributed by atoms with Crippen LogP contribution in [0.1, 0.15) is 0 Å². The minimum absolute atomic E-state index is 0.134. The summed E-state index contributed by atoms with van der Waals surface area (Å²) >= 11 is 5.91. The van der Waals surface area contributed by atoms with E-state index in [1.165, 1.54) is 29.2 Å². The monoisotopic (exact) mass is 352 g/mol. The van der Waals surface area contributed by atoms with E-state index in [2.05, 4.69) is 0 Å². The molecule has 0 aliphatic carbocycles. The van der Waals surface area contributed by atoms with Gasteiger partial charge in [0.25, 0.3) is 0 Å². The molecule has 1 aliphatic rings. The summed E-state index contributed by atoms with van der Waals surface area (Å²) in [6, 6.07) is 8.72. The van der Waals surface area contributed by atoms with Gasteiger partial charge in [0.15, 0.2) is 16.5 Å². The molecule has 0 fully saturated rings. The van der Waals surface area contributed by atoms with Gasteiger partial charge in [0.05, 0.1) is 10.6 Å². The molecule has 8 heteroatoms. The summed E-state index contributed by atoms with van der Waals surface area (Å²) in [5, 5.41) is 9.35. The molecular formula is C15H7ClF2N2O2S. The Balaban J connectivity index is 2.30. The molecule has 0 atom stereocenters. The highest BCUT2D eigenvalue weighted by molar-refractivity contribution is 7.95. The van der Waals surface area contributed by atoms with E-state index in [1.807, 2.05) is 0 Å². The zero-order valence-corrected chi connectivity index (χ0v) is 12.9. The molecule has 0 saturated carbocycles. The van der Waals surface area contributed by atoms with Gasteiger partial charge >= 0.3 is 0 Å². The van der Waals surface area contributed by atoms with Crippen LogP contribution in [-0.4, -0.2) is 8.42 Å². The second kappa shape index (κ2) is 5.33. The second-order valence-electron chi connectivity index (χ2n) is 4.69. The summed E-state index contributed by atoms with van der Waals surface area (Å²) < 4.78 is 51.3. The number of fused-ring (bicyclic) bond motifs is 1. The lowest BCUT2D eigenvalue weighted by molar-refractivity contribution is 0.509. The topological polar surface area (TPSA) is 61.2 Å². The molecule has 4 nitrogen and oxygen atoms in total. The fraction of sp³-hybridized carbons (Fsp3) is 0. The summed E-state index contributed by atoms with van der Waals surface area (Å²) in [5.74, 6) is -2.12. The van der Waals surface area contributed by atoms with Crippen molar-refractivity contribution in [3.63, 3.8) is 0 Å². The molecule has 3 rings (SSSR count). The van der Waals surface area contributed by atoms with Crippen LogP contribution in [0.25, 0.3) is 0 Å². The van der Waals surface area contributed by atoms with Crippen molar-refractivity contribution in [2.45, 2.75) is 4.90 Å². The Bertz CT molecular complexity index is 997. The molecule has 2 aromatic carbocycles. The average Bonchev–Trinajstić information content (AvgIpc) is 2.50. The van der Waals surface area contributed by atoms with Gasteiger partial charge in [0, 0.05) is 23.0 Å². The highest BCUT2D eigenvalue weighted by Crippen LogP contribution is 2.40. The average molecular weight is 353 g/mol. The first kappa shape index (κ1) is 15.5. The van der Waals surface area contributed by atoms with Crippen molar-refractivity contribution in [1.29, 1.82) is 5.26 Å². The van der Waals surface area contributed by atoms with Gasteiger partial charge in [-0.05, 0) is 30.3 Å². The SMILES string of the molecule is N#CC1=CN(c2ccc(F)c(F)c2)c2cc(Cl)ccc2S1(=O)=O. The number of halogens is 3. The molecule has 0 unspecified atom stereocenters. The van der Waals surface area contributed by atoms with Gasteiger partial charge in [0.2, 0.25) is 9.84 Å². The first-order valence-electron chi connectivity index (χ1n) is 6.25. The quantitative estimate of drug-likeness (QED) is 0.780. The first-order chi connectivity index (χ1) is 10.8. The van der Waals surface area contributed by atoms with Crippen LogP contribution >= 0.6 is 11.6 Å². The molecule has 1 aliphatic heterocycles. The lowest BCUT2D eigenvalue weighted by Crippen LogP contribution is -2.21. The van der Waals surface area contributed by atoms with Crippen molar-refractivity contribution in [2.75, 3.05) is 4.90 Å². The lowest BCUT2D eigenvalue weighted by atomic mass is 10.2. The molecule has 0 saturated heterocycles. The third-order valence-corrected chi connectivity index (χ3v) is 5.23. The predicted octanol–water partition coefficient (Wildman–Crippen LogP) is 3.91. The molecule has 116 valence electrons. The molecular weight excluding hydrogens is 346 g/mol. The molecule has 1 heterocycles. The maximum Gasteiger partial charge on any atom is 0.220 e. The van der Waals surface area contributed by atoms with Crippen LogP contribution in [-0.2, 0) is 9.84 Å². The maximum absolute atomic E-state index is 13.5. The number of nitrogens with zero attached hydrogens (tertiary/aromatic N) is 2. The van der Waals surface area contributed by atoms with E-state index in [4.69, 9.17) is 16.9 Å². The van der Waals surface area contributed by atoms with Crippen LogP contribution in [0.4, 0.5) is 20.2 Å². The smallest absolute Gasteiger partial charge is 0.220 e. The molecule has 23 heavy (non-hydrogen) atoms. The van der Waals surface area contributed by atoms with Gasteiger partial charge in [-0.3, -0.25) is 0 Å². The molecule has 0 amide bonds. The van der Waals surface area contributed by atoms with E-state index in [0.29, 0.717) is 0 Å². The third-order valence-electron chi connectivity index (χ3n) is 3.30. The van der Waals surface area contributed by atoms with E-state index in [9.17, 15) is 17.2 Å². The van der Waals surface area contributed by atoms with Gasteiger partial charge in [-0.2, -0.15) is 5.26 Å².